The molecule has 0 aliphatic carbocycles. The van der Waals surface area contributed by atoms with Gasteiger partial charge in [0, 0.05) is 11.6 Å². The Kier molecular flexibility index (Phi) is 3.23. The summed E-state index contributed by atoms with van der Waals surface area (Å²) in [7, 11) is 0. The zero-order valence-electron chi connectivity index (χ0n) is 9.81. The summed E-state index contributed by atoms with van der Waals surface area (Å²) in [6, 6.07) is 9.01. The first-order chi connectivity index (χ1) is 8.16. The fraction of sp³-hybridized carbons (Fsp3) is 0.231. The fourth-order valence-corrected chi connectivity index (χ4v) is 1.55. The lowest BCUT2D eigenvalue weighted by Gasteiger charge is -2.13. The second-order valence-corrected chi connectivity index (χ2v) is 3.96. The van der Waals surface area contributed by atoms with Crippen molar-refractivity contribution in [2.75, 3.05) is 0 Å². The van der Waals surface area contributed by atoms with Crippen LogP contribution in [0.1, 0.15) is 13.8 Å². The molecule has 4 heteroatoms. The van der Waals surface area contributed by atoms with E-state index in [4.69, 9.17) is 4.74 Å². The highest BCUT2D eigenvalue weighted by molar-refractivity contribution is 5.66. The molecule has 0 bridgehead atoms. The highest BCUT2D eigenvalue weighted by Gasteiger charge is 2.08. The van der Waals surface area contributed by atoms with E-state index in [-0.39, 0.29) is 11.7 Å². The number of nitrogens with one attached hydrogen (secondary N) is 1. The van der Waals surface area contributed by atoms with Crippen LogP contribution in [0.25, 0.3) is 11.3 Å². The van der Waals surface area contributed by atoms with Crippen LogP contribution in [0.4, 0.5) is 0 Å². The third-order valence-electron chi connectivity index (χ3n) is 2.20. The SMILES string of the molecule is CC(C)Oc1ccccc1-c1cc(=O)[nH]cn1. The molecule has 88 valence electrons. The van der Waals surface area contributed by atoms with Gasteiger partial charge in [0.1, 0.15) is 5.75 Å². The number of nitrogens with zero attached hydrogens (tertiary/aromatic N) is 1. The lowest BCUT2D eigenvalue weighted by atomic mass is 10.1. The molecule has 1 N–H and O–H groups in total. The number of benzene rings is 1. The van der Waals surface area contributed by atoms with E-state index in [9.17, 15) is 4.79 Å². The van der Waals surface area contributed by atoms with Gasteiger partial charge in [-0.1, -0.05) is 12.1 Å². The van der Waals surface area contributed by atoms with Gasteiger partial charge in [0.15, 0.2) is 0 Å². The molecule has 17 heavy (non-hydrogen) atoms. The van der Waals surface area contributed by atoms with Crippen molar-refractivity contribution in [1.29, 1.82) is 0 Å². The van der Waals surface area contributed by atoms with E-state index in [1.54, 1.807) is 0 Å². The van der Waals surface area contributed by atoms with Crippen molar-refractivity contribution in [1.82, 2.24) is 9.97 Å². The summed E-state index contributed by atoms with van der Waals surface area (Å²) in [4.78, 5) is 17.9. The molecule has 0 aliphatic rings. The summed E-state index contributed by atoms with van der Waals surface area (Å²) in [6.07, 6.45) is 1.47. The summed E-state index contributed by atoms with van der Waals surface area (Å²) < 4.78 is 5.69. The fourth-order valence-electron chi connectivity index (χ4n) is 1.55. The Morgan fingerprint density at radius 3 is 2.76 bits per heavy atom. The molecule has 1 aromatic heterocycles. The Balaban J connectivity index is 2.48. The average molecular weight is 230 g/mol. The molecule has 2 rings (SSSR count). The standard InChI is InChI=1S/C13H14N2O2/c1-9(2)17-12-6-4-3-5-10(12)11-7-13(16)15-8-14-11/h3-9H,1-2H3,(H,14,15,16). The molecule has 2 aromatic rings. The van der Waals surface area contributed by atoms with Crippen LogP contribution < -0.4 is 10.3 Å². The lowest BCUT2D eigenvalue weighted by Crippen LogP contribution is -2.08. The predicted molar refractivity (Wildman–Crippen MR) is 66.1 cm³/mol. The Morgan fingerprint density at radius 1 is 1.29 bits per heavy atom. The van der Waals surface area contributed by atoms with Crippen LogP contribution in [-0.2, 0) is 0 Å². The van der Waals surface area contributed by atoms with Crippen LogP contribution in [0.3, 0.4) is 0 Å². The van der Waals surface area contributed by atoms with Crippen molar-refractivity contribution in [3.8, 4) is 17.0 Å². The van der Waals surface area contributed by atoms with Gasteiger partial charge in [-0.15, -0.1) is 0 Å². The summed E-state index contributed by atoms with van der Waals surface area (Å²) in [5.41, 5.74) is 1.27. The minimum atomic E-state index is -0.172. The molecule has 0 unspecified atom stereocenters. The van der Waals surface area contributed by atoms with Gasteiger partial charge in [-0.2, -0.15) is 0 Å². The quantitative estimate of drug-likeness (QED) is 0.879. The van der Waals surface area contributed by atoms with Crippen molar-refractivity contribution in [2.24, 2.45) is 0 Å². The van der Waals surface area contributed by atoms with Crippen LogP contribution in [-0.4, -0.2) is 16.1 Å². The first kappa shape index (κ1) is 11.4. The predicted octanol–water partition coefficient (Wildman–Crippen LogP) is 2.22. The zero-order chi connectivity index (χ0) is 12.3. The van der Waals surface area contributed by atoms with E-state index in [2.05, 4.69) is 9.97 Å². The molecule has 1 aromatic carbocycles. The molecule has 0 fully saturated rings. The maximum Gasteiger partial charge on any atom is 0.251 e. The van der Waals surface area contributed by atoms with E-state index in [1.807, 2.05) is 38.1 Å². The summed E-state index contributed by atoms with van der Waals surface area (Å²) >= 11 is 0. The monoisotopic (exact) mass is 230 g/mol. The van der Waals surface area contributed by atoms with Crippen molar-refractivity contribution >= 4 is 0 Å². The normalized spacial score (nSPS) is 10.5. The molecule has 0 spiro atoms. The van der Waals surface area contributed by atoms with Gasteiger partial charge in [-0.25, -0.2) is 4.98 Å². The Morgan fingerprint density at radius 2 is 2.06 bits per heavy atom. The van der Waals surface area contributed by atoms with Crippen molar-refractivity contribution < 1.29 is 4.74 Å². The van der Waals surface area contributed by atoms with Crippen molar-refractivity contribution in [3.05, 3.63) is 47.0 Å². The summed E-state index contributed by atoms with van der Waals surface area (Å²) in [5.74, 6) is 0.737. The number of aromatic amines is 1. The van der Waals surface area contributed by atoms with Crippen molar-refractivity contribution in [3.63, 3.8) is 0 Å². The van der Waals surface area contributed by atoms with E-state index in [1.165, 1.54) is 12.4 Å². The molecule has 0 radical (unpaired) electrons. The number of H-pyrrole nitrogens is 1. The average Bonchev–Trinajstić information content (AvgIpc) is 2.29. The minimum absolute atomic E-state index is 0.0816. The number of hydrogen-bond donors (Lipinski definition) is 1. The molecular formula is C13H14N2O2. The van der Waals surface area contributed by atoms with E-state index < -0.39 is 0 Å². The van der Waals surface area contributed by atoms with Crippen LogP contribution in [0.5, 0.6) is 5.75 Å². The molecular weight excluding hydrogens is 216 g/mol. The number of ether oxygens (including phenoxy) is 1. The third kappa shape index (κ3) is 2.72. The Hall–Kier alpha value is -2.10. The molecule has 0 atom stereocenters. The van der Waals surface area contributed by atoms with Crippen LogP contribution in [0, 0.1) is 0 Å². The first-order valence-electron chi connectivity index (χ1n) is 5.47. The summed E-state index contributed by atoms with van der Waals surface area (Å²) in [5, 5.41) is 0. The lowest BCUT2D eigenvalue weighted by molar-refractivity contribution is 0.243. The number of para-hydroxylation sites is 1. The Bertz CT molecular complexity index is 561. The van der Waals surface area contributed by atoms with Gasteiger partial charge in [0.25, 0.3) is 5.56 Å². The van der Waals surface area contributed by atoms with Crippen LogP contribution in [0.2, 0.25) is 0 Å². The first-order valence-corrected chi connectivity index (χ1v) is 5.47. The second kappa shape index (κ2) is 4.82. The smallest absolute Gasteiger partial charge is 0.251 e. The largest absolute Gasteiger partial charge is 0.490 e. The Labute approximate surface area is 99.3 Å². The maximum atomic E-state index is 11.3. The molecule has 4 nitrogen and oxygen atoms in total. The van der Waals surface area contributed by atoms with Crippen molar-refractivity contribution in [2.45, 2.75) is 20.0 Å². The van der Waals surface area contributed by atoms with E-state index in [0.717, 1.165) is 11.3 Å². The molecule has 0 aliphatic heterocycles. The number of aromatic nitrogens is 2. The topological polar surface area (TPSA) is 55.0 Å². The van der Waals surface area contributed by atoms with Gasteiger partial charge in [-0.05, 0) is 26.0 Å². The summed E-state index contributed by atoms with van der Waals surface area (Å²) in [6.45, 7) is 3.92. The van der Waals surface area contributed by atoms with Gasteiger partial charge in [0.05, 0.1) is 18.1 Å². The number of rotatable bonds is 3. The van der Waals surface area contributed by atoms with Crippen LogP contribution >= 0.6 is 0 Å². The zero-order valence-corrected chi connectivity index (χ0v) is 9.81. The van der Waals surface area contributed by atoms with E-state index in [0.29, 0.717) is 5.69 Å². The molecule has 0 saturated carbocycles. The highest BCUT2D eigenvalue weighted by atomic mass is 16.5. The van der Waals surface area contributed by atoms with Gasteiger partial charge >= 0.3 is 0 Å². The second-order valence-electron chi connectivity index (χ2n) is 3.96. The maximum absolute atomic E-state index is 11.3. The van der Waals surface area contributed by atoms with Gasteiger partial charge in [0.2, 0.25) is 0 Å². The molecule has 0 amide bonds. The van der Waals surface area contributed by atoms with Gasteiger partial charge in [-0.3, -0.25) is 4.79 Å². The molecule has 1 heterocycles. The van der Waals surface area contributed by atoms with E-state index >= 15 is 0 Å². The van der Waals surface area contributed by atoms with Crippen LogP contribution in [0.15, 0.2) is 41.5 Å². The molecule has 0 saturated heterocycles. The third-order valence-corrected chi connectivity index (χ3v) is 2.20. The number of hydrogen-bond acceptors (Lipinski definition) is 3. The highest BCUT2D eigenvalue weighted by Crippen LogP contribution is 2.27. The van der Waals surface area contributed by atoms with Gasteiger partial charge < -0.3 is 9.72 Å². The minimum Gasteiger partial charge on any atom is -0.490 e.